The highest BCUT2D eigenvalue weighted by atomic mass is 32.2. The molecular formula is C25H26F2N2O4S. The molecule has 0 amide bonds. The van der Waals surface area contributed by atoms with Gasteiger partial charge in [-0.15, -0.1) is 0 Å². The highest BCUT2D eigenvalue weighted by Gasteiger charge is 2.46. The van der Waals surface area contributed by atoms with Gasteiger partial charge in [-0.3, -0.25) is 4.79 Å². The fourth-order valence-corrected chi connectivity index (χ4v) is 7.39. The summed E-state index contributed by atoms with van der Waals surface area (Å²) in [5, 5.41) is 0.794. The number of methoxy groups -OCH3 is 1. The number of esters is 1. The van der Waals surface area contributed by atoms with Gasteiger partial charge in [0.1, 0.15) is 18.2 Å². The summed E-state index contributed by atoms with van der Waals surface area (Å²) in [4.78, 5) is 12.1. The van der Waals surface area contributed by atoms with Crippen molar-refractivity contribution in [1.82, 2.24) is 8.87 Å². The van der Waals surface area contributed by atoms with Crippen molar-refractivity contribution in [3.63, 3.8) is 0 Å². The van der Waals surface area contributed by atoms with Crippen molar-refractivity contribution in [2.75, 3.05) is 20.2 Å². The molecule has 5 rings (SSSR count). The number of ether oxygens (including phenoxy) is 1. The Balaban J connectivity index is 1.41. The van der Waals surface area contributed by atoms with Gasteiger partial charge in [0.15, 0.2) is 0 Å². The number of nitrogens with zero attached hydrogens (tertiary/aromatic N) is 2. The van der Waals surface area contributed by atoms with Crippen molar-refractivity contribution in [3.05, 3.63) is 65.4 Å². The van der Waals surface area contributed by atoms with Crippen LogP contribution in [0.2, 0.25) is 0 Å². The Bertz CT molecular complexity index is 1350. The Kier molecular flexibility index (Phi) is 5.72. The average molecular weight is 489 g/mol. The van der Waals surface area contributed by atoms with Crippen molar-refractivity contribution in [2.24, 2.45) is 11.8 Å². The molecule has 3 aromatic rings. The molecule has 2 aromatic carbocycles. The Hall–Kier alpha value is -2.78. The molecule has 0 spiro atoms. The second-order valence-electron chi connectivity index (χ2n) is 9.29. The standard InChI is InChI=1S/C25H26F2N2O4S/c1-15-25(22-11-20(27)5-8-23(22)29(15)14-24(30)33-2)16-9-17-12-28(13-18(17)10-16)34(31,32)21-6-3-19(26)4-7-21/h3-8,11,16-18H,9-10,12-14H2,1-2H3. The van der Waals surface area contributed by atoms with E-state index in [1.807, 2.05) is 11.5 Å². The first-order chi connectivity index (χ1) is 16.2. The molecule has 2 aliphatic rings. The second kappa shape index (κ2) is 8.46. The molecule has 6 nitrogen and oxygen atoms in total. The van der Waals surface area contributed by atoms with Crippen LogP contribution in [0.15, 0.2) is 47.4 Å². The van der Waals surface area contributed by atoms with Crippen molar-refractivity contribution < 1.29 is 26.7 Å². The summed E-state index contributed by atoms with van der Waals surface area (Å²) in [6, 6.07) is 9.52. The highest BCUT2D eigenvalue weighted by molar-refractivity contribution is 7.89. The molecule has 0 radical (unpaired) electrons. The van der Waals surface area contributed by atoms with Gasteiger partial charge in [0, 0.05) is 29.7 Å². The molecule has 34 heavy (non-hydrogen) atoms. The minimum absolute atomic E-state index is 0.0493. The zero-order chi connectivity index (χ0) is 24.2. The van der Waals surface area contributed by atoms with Crippen LogP contribution in [0.1, 0.15) is 30.0 Å². The third kappa shape index (κ3) is 3.80. The van der Waals surface area contributed by atoms with Crippen LogP contribution in [-0.4, -0.2) is 43.5 Å². The molecule has 1 saturated heterocycles. The number of carbonyl (C=O) groups excluding carboxylic acids is 1. The third-order valence-corrected chi connectivity index (χ3v) is 9.27. The fourth-order valence-electron chi connectivity index (χ4n) is 5.84. The lowest BCUT2D eigenvalue weighted by Gasteiger charge is -2.20. The van der Waals surface area contributed by atoms with Gasteiger partial charge in [0.2, 0.25) is 10.0 Å². The van der Waals surface area contributed by atoms with E-state index in [2.05, 4.69) is 0 Å². The van der Waals surface area contributed by atoms with Gasteiger partial charge in [0.25, 0.3) is 0 Å². The minimum Gasteiger partial charge on any atom is -0.468 e. The first-order valence-electron chi connectivity index (χ1n) is 11.3. The molecule has 2 fully saturated rings. The summed E-state index contributed by atoms with van der Waals surface area (Å²) < 4.78 is 61.7. The lowest BCUT2D eigenvalue weighted by atomic mass is 9.93. The Morgan fingerprint density at radius 3 is 2.26 bits per heavy atom. The first-order valence-corrected chi connectivity index (χ1v) is 12.7. The van der Waals surface area contributed by atoms with Crippen LogP contribution in [0.3, 0.4) is 0 Å². The van der Waals surface area contributed by atoms with Crippen molar-refractivity contribution >= 4 is 26.9 Å². The summed E-state index contributed by atoms with van der Waals surface area (Å²) in [5.41, 5.74) is 2.73. The molecule has 1 saturated carbocycles. The zero-order valence-electron chi connectivity index (χ0n) is 19.0. The summed E-state index contributed by atoms with van der Waals surface area (Å²) in [6.07, 6.45) is 1.57. The molecule has 180 valence electrons. The molecule has 9 heteroatoms. The van der Waals surface area contributed by atoms with E-state index in [-0.39, 0.29) is 41.0 Å². The molecule has 1 aromatic heterocycles. The number of aromatic nitrogens is 1. The van der Waals surface area contributed by atoms with Crippen LogP contribution in [0, 0.1) is 30.4 Å². The van der Waals surface area contributed by atoms with E-state index in [1.54, 1.807) is 6.07 Å². The highest BCUT2D eigenvalue weighted by Crippen LogP contribution is 2.50. The van der Waals surface area contributed by atoms with Crippen LogP contribution in [-0.2, 0) is 26.1 Å². The number of fused-ring (bicyclic) bond motifs is 2. The van der Waals surface area contributed by atoms with Gasteiger partial charge < -0.3 is 9.30 Å². The molecule has 1 aliphatic heterocycles. The number of halogens is 2. The lowest BCUT2D eigenvalue weighted by molar-refractivity contribution is -0.141. The predicted octanol–water partition coefficient (Wildman–Crippen LogP) is 4.22. The summed E-state index contributed by atoms with van der Waals surface area (Å²) >= 11 is 0. The van der Waals surface area contributed by atoms with Crippen molar-refractivity contribution in [2.45, 2.75) is 37.1 Å². The number of hydrogen-bond acceptors (Lipinski definition) is 4. The van der Waals surface area contributed by atoms with Crippen LogP contribution >= 0.6 is 0 Å². The van der Waals surface area contributed by atoms with E-state index < -0.39 is 15.8 Å². The van der Waals surface area contributed by atoms with Gasteiger partial charge in [-0.2, -0.15) is 4.31 Å². The van der Waals surface area contributed by atoms with E-state index in [9.17, 15) is 22.0 Å². The van der Waals surface area contributed by atoms with E-state index in [0.717, 1.165) is 47.1 Å². The first kappa shape index (κ1) is 23.0. The lowest BCUT2D eigenvalue weighted by Crippen LogP contribution is -2.30. The molecule has 2 heterocycles. The summed E-state index contributed by atoms with van der Waals surface area (Å²) in [7, 11) is -2.34. The van der Waals surface area contributed by atoms with Crippen molar-refractivity contribution in [1.29, 1.82) is 0 Å². The number of hydrogen-bond donors (Lipinski definition) is 0. The molecule has 0 bridgehead atoms. The molecule has 0 N–H and O–H groups in total. The maximum absolute atomic E-state index is 14.2. The molecule has 2 unspecified atom stereocenters. The fraction of sp³-hybridized carbons (Fsp3) is 0.400. The maximum atomic E-state index is 14.2. The number of sulfonamides is 1. The zero-order valence-corrected chi connectivity index (χ0v) is 19.8. The molecule has 1 aliphatic carbocycles. The van der Waals surface area contributed by atoms with Gasteiger partial charge in [-0.25, -0.2) is 17.2 Å². The molecular weight excluding hydrogens is 462 g/mol. The van der Waals surface area contributed by atoms with Gasteiger partial charge >= 0.3 is 5.97 Å². The number of carbonyl (C=O) groups is 1. The maximum Gasteiger partial charge on any atom is 0.325 e. The molecule has 2 atom stereocenters. The van der Waals surface area contributed by atoms with Gasteiger partial charge in [0.05, 0.1) is 12.0 Å². The third-order valence-electron chi connectivity index (χ3n) is 7.43. The Labute approximate surface area is 197 Å². The second-order valence-corrected chi connectivity index (χ2v) is 11.2. The smallest absolute Gasteiger partial charge is 0.325 e. The SMILES string of the molecule is COC(=O)Cn1c(C)c(C2CC3CN(S(=O)(=O)c4ccc(F)cc4)CC3C2)c2cc(F)ccc21. The normalized spacial score (nSPS) is 22.9. The predicted molar refractivity (Wildman–Crippen MR) is 123 cm³/mol. The average Bonchev–Trinajstić information content (AvgIpc) is 3.44. The topological polar surface area (TPSA) is 68.6 Å². The van der Waals surface area contributed by atoms with Crippen molar-refractivity contribution in [3.8, 4) is 0 Å². The van der Waals surface area contributed by atoms with E-state index in [0.29, 0.717) is 13.1 Å². The van der Waals surface area contributed by atoms with Crippen LogP contribution in [0.25, 0.3) is 10.9 Å². The minimum atomic E-state index is -3.68. The largest absolute Gasteiger partial charge is 0.468 e. The quantitative estimate of drug-likeness (QED) is 0.505. The van der Waals surface area contributed by atoms with Crippen LogP contribution in [0.4, 0.5) is 8.78 Å². The number of benzene rings is 2. The van der Waals surface area contributed by atoms with Crippen LogP contribution in [0.5, 0.6) is 0 Å². The monoisotopic (exact) mass is 488 g/mol. The number of rotatable bonds is 5. The van der Waals surface area contributed by atoms with Gasteiger partial charge in [-0.1, -0.05) is 0 Å². The van der Waals surface area contributed by atoms with E-state index in [1.165, 1.54) is 35.7 Å². The summed E-state index contributed by atoms with van der Waals surface area (Å²) in [6.45, 7) is 2.81. The van der Waals surface area contributed by atoms with Crippen LogP contribution < -0.4 is 0 Å². The van der Waals surface area contributed by atoms with E-state index >= 15 is 0 Å². The van der Waals surface area contributed by atoms with E-state index in [4.69, 9.17) is 4.74 Å². The Morgan fingerprint density at radius 1 is 1.03 bits per heavy atom. The summed E-state index contributed by atoms with van der Waals surface area (Å²) in [5.74, 6) is -0.661. The van der Waals surface area contributed by atoms with Gasteiger partial charge in [-0.05, 0) is 85.5 Å². The Morgan fingerprint density at radius 2 is 1.65 bits per heavy atom.